The van der Waals surface area contributed by atoms with E-state index >= 15 is 0 Å². The standard InChI is InChI=1S/C21H19N7/c1-13-9-16(11-18(24-3)25-13)19-20(15-6-4-5-14(10-15)12-22)27-28-8-7-17(23-2)26-21(19)28/h4-11H,1-3H3,(H,23,26)(H,24,25). The van der Waals surface area contributed by atoms with Crippen molar-refractivity contribution in [1.82, 2.24) is 19.6 Å². The molecular weight excluding hydrogens is 350 g/mol. The minimum atomic E-state index is 0.589. The number of benzene rings is 1. The molecule has 0 aliphatic rings. The highest BCUT2D eigenvalue weighted by atomic mass is 15.3. The molecule has 0 saturated carbocycles. The van der Waals surface area contributed by atoms with Crippen LogP contribution in [0.15, 0.2) is 48.7 Å². The number of nitriles is 1. The SMILES string of the molecule is CNc1cc(-c2c(-c3cccc(C#N)c3)nn3ccc(NC)nc23)cc(C)n1. The number of pyridine rings is 1. The third kappa shape index (κ3) is 3.01. The summed E-state index contributed by atoms with van der Waals surface area (Å²) in [6.07, 6.45) is 1.88. The molecule has 0 bridgehead atoms. The highest BCUT2D eigenvalue weighted by Gasteiger charge is 2.19. The van der Waals surface area contributed by atoms with Crippen LogP contribution in [0.2, 0.25) is 0 Å². The van der Waals surface area contributed by atoms with Gasteiger partial charge < -0.3 is 10.6 Å². The Labute approximate surface area is 162 Å². The lowest BCUT2D eigenvalue weighted by molar-refractivity contribution is 0.944. The first-order valence-corrected chi connectivity index (χ1v) is 8.87. The van der Waals surface area contributed by atoms with Gasteiger partial charge in [0, 0.05) is 31.5 Å². The van der Waals surface area contributed by atoms with E-state index in [1.807, 2.05) is 63.6 Å². The van der Waals surface area contributed by atoms with E-state index < -0.39 is 0 Å². The number of hydrogen-bond donors (Lipinski definition) is 2. The van der Waals surface area contributed by atoms with E-state index in [1.54, 1.807) is 10.6 Å². The average molecular weight is 369 g/mol. The Balaban J connectivity index is 2.06. The van der Waals surface area contributed by atoms with Crippen LogP contribution in [0.25, 0.3) is 28.0 Å². The molecule has 0 spiro atoms. The molecule has 1 aromatic carbocycles. The van der Waals surface area contributed by atoms with E-state index in [1.165, 1.54) is 0 Å². The van der Waals surface area contributed by atoms with E-state index in [9.17, 15) is 5.26 Å². The Morgan fingerprint density at radius 3 is 2.54 bits per heavy atom. The van der Waals surface area contributed by atoms with Gasteiger partial charge in [0.1, 0.15) is 17.3 Å². The fourth-order valence-corrected chi connectivity index (χ4v) is 3.21. The van der Waals surface area contributed by atoms with E-state index in [2.05, 4.69) is 21.7 Å². The van der Waals surface area contributed by atoms with Crippen molar-refractivity contribution in [2.24, 2.45) is 0 Å². The van der Waals surface area contributed by atoms with Crippen molar-refractivity contribution < 1.29 is 0 Å². The number of aryl methyl sites for hydroxylation is 1. The fourth-order valence-electron chi connectivity index (χ4n) is 3.21. The van der Waals surface area contributed by atoms with Crippen LogP contribution in [0.5, 0.6) is 0 Å². The van der Waals surface area contributed by atoms with Crippen LogP contribution >= 0.6 is 0 Å². The van der Waals surface area contributed by atoms with Crippen LogP contribution < -0.4 is 10.6 Å². The zero-order chi connectivity index (χ0) is 19.7. The zero-order valence-electron chi connectivity index (χ0n) is 15.9. The minimum Gasteiger partial charge on any atom is -0.373 e. The summed E-state index contributed by atoms with van der Waals surface area (Å²) < 4.78 is 1.76. The Bertz CT molecular complexity index is 1220. The van der Waals surface area contributed by atoms with Crippen LogP contribution in [0.3, 0.4) is 0 Å². The molecule has 0 atom stereocenters. The van der Waals surface area contributed by atoms with Crippen molar-refractivity contribution in [3.8, 4) is 28.5 Å². The van der Waals surface area contributed by atoms with Gasteiger partial charge in [0.25, 0.3) is 0 Å². The monoisotopic (exact) mass is 369 g/mol. The topological polar surface area (TPSA) is 90.9 Å². The van der Waals surface area contributed by atoms with Crippen LogP contribution in [-0.4, -0.2) is 33.7 Å². The smallest absolute Gasteiger partial charge is 0.165 e. The van der Waals surface area contributed by atoms with Gasteiger partial charge >= 0.3 is 0 Å². The van der Waals surface area contributed by atoms with Gasteiger partial charge in [0.15, 0.2) is 5.65 Å². The summed E-state index contributed by atoms with van der Waals surface area (Å²) in [7, 11) is 3.68. The minimum absolute atomic E-state index is 0.589. The summed E-state index contributed by atoms with van der Waals surface area (Å²) in [5.74, 6) is 1.53. The van der Waals surface area contributed by atoms with Crippen LogP contribution in [0, 0.1) is 18.3 Å². The van der Waals surface area contributed by atoms with Gasteiger partial charge in [-0.1, -0.05) is 12.1 Å². The highest BCUT2D eigenvalue weighted by Crippen LogP contribution is 2.36. The first-order chi connectivity index (χ1) is 13.6. The van der Waals surface area contributed by atoms with Gasteiger partial charge in [0.05, 0.1) is 17.2 Å². The summed E-state index contributed by atoms with van der Waals surface area (Å²) >= 11 is 0. The van der Waals surface area contributed by atoms with E-state index in [-0.39, 0.29) is 0 Å². The van der Waals surface area contributed by atoms with Crippen molar-refractivity contribution >= 4 is 17.3 Å². The van der Waals surface area contributed by atoms with E-state index in [0.29, 0.717) is 5.56 Å². The number of hydrogen-bond acceptors (Lipinski definition) is 6. The highest BCUT2D eigenvalue weighted by molar-refractivity contribution is 5.91. The molecule has 3 aromatic heterocycles. The van der Waals surface area contributed by atoms with Gasteiger partial charge in [-0.2, -0.15) is 10.4 Å². The predicted molar refractivity (Wildman–Crippen MR) is 110 cm³/mol. The Morgan fingerprint density at radius 1 is 0.964 bits per heavy atom. The molecule has 0 radical (unpaired) electrons. The fraction of sp³-hybridized carbons (Fsp3) is 0.143. The summed E-state index contributed by atoms with van der Waals surface area (Å²) in [5.41, 5.74) is 5.71. The molecule has 0 fully saturated rings. The Kier molecular flexibility index (Phi) is 4.38. The summed E-state index contributed by atoms with van der Waals surface area (Å²) in [4.78, 5) is 9.22. The summed E-state index contributed by atoms with van der Waals surface area (Å²) in [6, 6.07) is 15.5. The lowest BCUT2D eigenvalue weighted by atomic mass is 10.00. The van der Waals surface area contributed by atoms with Crippen molar-refractivity contribution in [3.63, 3.8) is 0 Å². The van der Waals surface area contributed by atoms with Crippen LogP contribution in [-0.2, 0) is 0 Å². The number of fused-ring (bicyclic) bond motifs is 1. The molecule has 0 aliphatic heterocycles. The largest absolute Gasteiger partial charge is 0.373 e. The van der Waals surface area contributed by atoms with Gasteiger partial charge in [-0.3, -0.25) is 0 Å². The second-order valence-electron chi connectivity index (χ2n) is 6.38. The molecule has 138 valence electrons. The molecule has 3 heterocycles. The lowest BCUT2D eigenvalue weighted by Gasteiger charge is -2.08. The molecule has 7 nitrogen and oxygen atoms in total. The molecule has 2 N–H and O–H groups in total. The molecule has 28 heavy (non-hydrogen) atoms. The summed E-state index contributed by atoms with van der Waals surface area (Å²) in [6.45, 7) is 1.96. The summed E-state index contributed by atoms with van der Waals surface area (Å²) in [5, 5.41) is 20.2. The molecule has 0 aliphatic carbocycles. The maximum atomic E-state index is 9.30. The van der Waals surface area contributed by atoms with Crippen LogP contribution in [0.1, 0.15) is 11.3 Å². The average Bonchev–Trinajstić information content (AvgIpc) is 3.11. The second kappa shape index (κ2) is 7.00. The molecule has 0 unspecified atom stereocenters. The van der Waals surface area contributed by atoms with Crippen molar-refractivity contribution in [2.75, 3.05) is 24.7 Å². The molecule has 4 aromatic rings. The predicted octanol–water partition coefficient (Wildman–Crippen LogP) is 3.72. The third-order valence-electron chi connectivity index (χ3n) is 4.50. The Morgan fingerprint density at radius 2 is 1.79 bits per heavy atom. The normalized spacial score (nSPS) is 10.6. The first kappa shape index (κ1) is 17.5. The quantitative estimate of drug-likeness (QED) is 0.570. The molecule has 4 rings (SSSR count). The van der Waals surface area contributed by atoms with Crippen molar-refractivity contribution in [3.05, 3.63) is 59.9 Å². The van der Waals surface area contributed by atoms with E-state index in [4.69, 9.17) is 10.1 Å². The molecular formula is C21H19N7. The first-order valence-electron chi connectivity index (χ1n) is 8.87. The second-order valence-corrected chi connectivity index (χ2v) is 6.38. The van der Waals surface area contributed by atoms with E-state index in [0.717, 1.165) is 45.4 Å². The molecule has 0 amide bonds. The number of nitrogens with zero attached hydrogens (tertiary/aromatic N) is 5. The van der Waals surface area contributed by atoms with Gasteiger partial charge in [-0.15, -0.1) is 0 Å². The number of nitrogens with one attached hydrogen (secondary N) is 2. The number of rotatable bonds is 4. The molecule has 7 heteroatoms. The molecule has 0 saturated heterocycles. The lowest BCUT2D eigenvalue weighted by Crippen LogP contribution is -1.97. The maximum Gasteiger partial charge on any atom is 0.165 e. The zero-order valence-corrected chi connectivity index (χ0v) is 15.9. The van der Waals surface area contributed by atoms with Gasteiger partial charge in [0.2, 0.25) is 0 Å². The maximum absolute atomic E-state index is 9.30. The number of anilines is 2. The van der Waals surface area contributed by atoms with Crippen molar-refractivity contribution in [1.29, 1.82) is 5.26 Å². The third-order valence-corrected chi connectivity index (χ3v) is 4.50. The van der Waals surface area contributed by atoms with Crippen molar-refractivity contribution in [2.45, 2.75) is 6.92 Å². The van der Waals surface area contributed by atoms with Gasteiger partial charge in [-0.05, 0) is 42.8 Å². The number of aromatic nitrogens is 4. The van der Waals surface area contributed by atoms with Gasteiger partial charge in [-0.25, -0.2) is 14.5 Å². The Hall–Kier alpha value is -3.92. The van der Waals surface area contributed by atoms with Crippen LogP contribution in [0.4, 0.5) is 11.6 Å².